The van der Waals surface area contributed by atoms with Gasteiger partial charge in [-0.1, -0.05) is 396 Å². The van der Waals surface area contributed by atoms with Crippen molar-refractivity contribution in [2.75, 3.05) is 39.6 Å². The molecule has 0 radical (unpaired) electrons. The van der Waals surface area contributed by atoms with E-state index in [9.17, 15) is 43.2 Å². The van der Waals surface area contributed by atoms with Crippen LogP contribution in [0.25, 0.3) is 0 Å². The van der Waals surface area contributed by atoms with Crippen LogP contribution in [-0.4, -0.2) is 96.7 Å². The van der Waals surface area contributed by atoms with E-state index in [4.69, 9.17) is 37.0 Å². The highest BCUT2D eigenvalue weighted by Crippen LogP contribution is 2.45. The average Bonchev–Trinajstić information content (AvgIpc) is 0.909. The Kier molecular flexibility index (Phi) is 73.4. The lowest BCUT2D eigenvalue weighted by Gasteiger charge is -2.21. The van der Waals surface area contributed by atoms with Gasteiger partial charge in [0.15, 0.2) is 12.2 Å². The standard InChI is InChI=1S/C86H168O17P2/c1-9-79(8)65-57-49-41-33-27-21-17-12-10-11-13-18-22-28-34-42-50-58-66-83(88)96-72-81(102-86(91)69-61-53-44-36-30-24-26-32-39-47-55-63-77(4)5)74-100-104(92,93)98-70-80(87)71-99-105(94,95)101-75-82(73-97-84(89)67-59-51-45-37-40-48-56-64-78(6)7)103-85(90)68-60-52-43-35-29-23-19-15-14-16-20-25-31-38-46-54-62-76(2)3/h76-82,87H,9-75H2,1-8H3,(H,92,93)(H,94,95)/t79?,80?,81-,82-/m1/s1. The van der Waals surface area contributed by atoms with Crippen LogP contribution < -0.4 is 0 Å². The van der Waals surface area contributed by atoms with E-state index in [1.165, 1.54) is 244 Å². The molecule has 0 amide bonds. The normalized spacial score (nSPS) is 14.2. The number of hydrogen-bond donors (Lipinski definition) is 3. The van der Waals surface area contributed by atoms with Crippen molar-refractivity contribution in [1.82, 2.24) is 0 Å². The molecule has 19 heteroatoms. The first kappa shape index (κ1) is 103. The summed E-state index contributed by atoms with van der Waals surface area (Å²) in [5, 5.41) is 10.7. The number of aliphatic hydroxyl groups excluding tert-OH is 1. The van der Waals surface area contributed by atoms with Crippen molar-refractivity contribution in [2.45, 2.75) is 465 Å². The largest absolute Gasteiger partial charge is 0.472 e. The van der Waals surface area contributed by atoms with E-state index in [0.29, 0.717) is 31.6 Å². The van der Waals surface area contributed by atoms with Crippen LogP contribution in [0.3, 0.4) is 0 Å². The van der Waals surface area contributed by atoms with Gasteiger partial charge >= 0.3 is 39.5 Å². The maximum atomic E-state index is 13.1. The number of carbonyl (C=O) groups excluding carboxylic acids is 4. The molecule has 0 spiro atoms. The number of carbonyl (C=O) groups is 4. The van der Waals surface area contributed by atoms with Crippen molar-refractivity contribution in [2.24, 2.45) is 23.7 Å². The molecule has 105 heavy (non-hydrogen) atoms. The minimum atomic E-state index is -4.97. The second-order valence-corrected chi connectivity index (χ2v) is 35.5. The molecule has 0 fully saturated rings. The van der Waals surface area contributed by atoms with Crippen molar-refractivity contribution >= 4 is 39.5 Å². The molecule has 0 bridgehead atoms. The van der Waals surface area contributed by atoms with Crippen LogP contribution in [0.1, 0.15) is 447 Å². The summed E-state index contributed by atoms with van der Waals surface area (Å²) in [4.78, 5) is 73.2. The molecule has 0 aromatic rings. The summed E-state index contributed by atoms with van der Waals surface area (Å²) >= 11 is 0. The molecule has 6 atom stereocenters. The van der Waals surface area contributed by atoms with Gasteiger partial charge in [0.2, 0.25) is 0 Å². The van der Waals surface area contributed by atoms with Gasteiger partial charge in [0.25, 0.3) is 0 Å². The third kappa shape index (κ3) is 78.5. The second kappa shape index (κ2) is 74.8. The minimum Gasteiger partial charge on any atom is -0.462 e. The number of esters is 4. The van der Waals surface area contributed by atoms with Gasteiger partial charge in [-0.3, -0.25) is 37.3 Å². The van der Waals surface area contributed by atoms with Gasteiger partial charge in [0.1, 0.15) is 19.3 Å². The van der Waals surface area contributed by atoms with E-state index in [-0.39, 0.29) is 25.7 Å². The van der Waals surface area contributed by atoms with E-state index in [1.807, 2.05) is 0 Å². The molecule has 4 unspecified atom stereocenters. The second-order valence-electron chi connectivity index (χ2n) is 32.6. The van der Waals surface area contributed by atoms with Crippen molar-refractivity contribution in [3.05, 3.63) is 0 Å². The SMILES string of the molecule is CCC(C)CCCCCCCCCCCCCCCCCCCCC(=O)OC[C@H](COP(=O)(O)OCC(O)COP(=O)(O)OC[C@@H](COC(=O)CCCCCCCCCC(C)C)OC(=O)CCCCCCCCCCCCCCCCCCC(C)C)OC(=O)CCCCCCCCCCCCCC(C)C. The molecule has 3 N–H and O–H groups in total. The van der Waals surface area contributed by atoms with Crippen molar-refractivity contribution in [3.8, 4) is 0 Å². The van der Waals surface area contributed by atoms with Crippen LogP contribution in [0, 0.1) is 23.7 Å². The average molecular weight is 1540 g/mol. The van der Waals surface area contributed by atoms with Gasteiger partial charge in [-0.25, -0.2) is 9.13 Å². The lowest BCUT2D eigenvalue weighted by atomic mass is 9.99. The van der Waals surface area contributed by atoms with Crippen LogP contribution in [-0.2, 0) is 65.4 Å². The summed E-state index contributed by atoms with van der Waals surface area (Å²) in [7, 11) is -9.93. The molecule has 0 saturated heterocycles. The van der Waals surface area contributed by atoms with Crippen molar-refractivity contribution in [3.63, 3.8) is 0 Å². The lowest BCUT2D eigenvalue weighted by Crippen LogP contribution is -2.30. The summed E-state index contributed by atoms with van der Waals surface area (Å²) in [5.41, 5.74) is 0. The first-order valence-electron chi connectivity index (χ1n) is 44.2. The first-order valence-corrected chi connectivity index (χ1v) is 47.2. The third-order valence-corrected chi connectivity index (χ3v) is 22.3. The first-order chi connectivity index (χ1) is 50.6. The van der Waals surface area contributed by atoms with Crippen molar-refractivity contribution < 1.29 is 80.2 Å². The Morgan fingerprint density at radius 2 is 0.457 bits per heavy atom. The molecule has 0 aliphatic heterocycles. The Bertz CT molecular complexity index is 2040. The van der Waals surface area contributed by atoms with Gasteiger partial charge in [-0.05, 0) is 49.4 Å². The molecule has 0 saturated carbocycles. The summed E-state index contributed by atoms with van der Waals surface area (Å²) in [5.74, 6) is 1.04. The fraction of sp³-hybridized carbons (Fsp3) is 0.953. The quantitative estimate of drug-likeness (QED) is 0.0222. The topological polar surface area (TPSA) is 237 Å². The Morgan fingerprint density at radius 1 is 0.267 bits per heavy atom. The Hall–Kier alpha value is -1.94. The highest BCUT2D eigenvalue weighted by atomic mass is 31.2. The van der Waals surface area contributed by atoms with Crippen LogP contribution in [0.5, 0.6) is 0 Å². The van der Waals surface area contributed by atoms with Gasteiger partial charge in [0.05, 0.1) is 26.4 Å². The Labute approximate surface area is 645 Å². The van der Waals surface area contributed by atoms with E-state index < -0.39 is 97.5 Å². The molecule has 0 aliphatic carbocycles. The molecular weight excluding hydrogens is 1370 g/mol. The van der Waals surface area contributed by atoms with Crippen molar-refractivity contribution in [1.29, 1.82) is 0 Å². The predicted octanol–water partition coefficient (Wildman–Crippen LogP) is 25.9. The van der Waals surface area contributed by atoms with Crippen LogP contribution in [0.15, 0.2) is 0 Å². The maximum Gasteiger partial charge on any atom is 0.472 e. The number of ether oxygens (including phenoxy) is 4. The summed E-state index contributed by atoms with van der Waals surface area (Å²) in [6.07, 6.45) is 64.0. The van der Waals surface area contributed by atoms with Crippen LogP contribution in [0.2, 0.25) is 0 Å². The van der Waals surface area contributed by atoms with E-state index >= 15 is 0 Å². The predicted molar refractivity (Wildman–Crippen MR) is 432 cm³/mol. The van der Waals surface area contributed by atoms with Gasteiger partial charge in [-0.15, -0.1) is 0 Å². The molecule has 0 aromatic heterocycles. The maximum absolute atomic E-state index is 13.1. The fourth-order valence-electron chi connectivity index (χ4n) is 13.3. The highest BCUT2D eigenvalue weighted by Gasteiger charge is 2.31. The van der Waals surface area contributed by atoms with Gasteiger partial charge < -0.3 is 33.8 Å². The van der Waals surface area contributed by atoms with E-state index in [0.717, 1.165) is 114 Å². The zero-order valence-corrected chi connectivity index (χ0v) is 71.2. The fourth-order valence-corrected chi connectivity index (χ4v) is 14.9. The van der Waals surface area contributed by atoms with E-state index in [1.54, 1.807) is 0 Å². The number of phosphoric ester groups is 2. The minimum absolute atomic E-state index is 0.107. The van der Waals surface area contributed by atoms with E-state index in [2.05, 4.69) is 55.4 Å². The summed E-state index contributed by atoms with van der Waals surface area (Å²) in [6, 6.07) is 0. The van der Waals surface area contributed by atoms with Gasteiger partial charge in [-0.2, -0.15) is 0 Å². The Balaban J connectivity index is 5.18. The third-order valence-electron chi connectivity index (χ3n) is 20.4. The smallest absolute Gasteiger partial charge is 0.462 e. The summed E-state index contributed by atoms with van der Waals surface area (Å²) in [6.45, 7) is 14.3. The van der Waals surface area contributed by atoms with Gasteiger partial charge in [0, 0.05) is 25.7 Å². The zero-order chi connectivity index (χ0) is 77.4. The number of unbranched alkanes of at least 4 members (excludes halogenated alkanes) is 48. The Morgan fingerprint density at radius 3 is 0.676 bits per heavy atom. The number of phosphoric acid groups is 2. The molecule has 0 heterocycles. The van der Waals surface area contributed by atoms with Crippen LogP contribution in [0.4, 0.5) is 0 Å². The zero-order valence-electron chi connectivity index (χ0n) is 69.4. The molecule has 624 valence electrons. The molecule has 17 nitrogen and oxygen atoms in total. The molecule has 0 aliphatic rings. The monoisotopic (exact) mass is 1540 g/mol. The molecule has 0 rings (SSSR count). The lowest BCUT2D eigenvalue weighted by molar-refractivity contribution is -0.161. The number of hydrogen-bond acceptors (Lipinski definition) is 15. The highest BCUT2D eigenvalue weighted by molar-refractivity contribution is 7.47. The van der Waals surface area contributed by atoms with Crippen LogP contribution >= 0.6 is 15.6 Å². The molecular formula is C86H168O17P2. The number of rotatable bonds is 83. The number of aliphatic hydroxyl groups is 1. The summed E-state index contributed by atoms with van der Waals surface area (Å²) < 4.78 is 68.8. The molecule has 0 aromatic carbocycles.